The van der Waals surface area contributed by atoms with Crippen molar-refractivity contribution in [1.29, 1.82) is 0 Å². The van der Waals surface area contributed by atoms with Gasteiger partial charge in [0.1, 0.15) is 0 Å². The molecule has 104 valence electrons. The number of carbonyl (C=O) groups excluding carboxylic acids is 1. The Balaban J connectivity index is 2.35. The molecule has 0 saturated heterocycles. The molecule has 0 aliphatic heterocycles. The zero-order valence-electron chi connectivity index (χ0n) is 12.0. The highest BCUT2D eigenvalue weighted by Crippen LogP contribution is 2.35. The zero-order valence-corrected chi connectivity index (χ0v) is 12.0. The van der Waals surface area contributed by atoms with E-state index in [2.05, 4.69) is 4.90 Å². The molecule has 1 aromatic carbocycles. The molecule has 1 aliphatic rings. The van der Waals surface area contributed by atoms with Crippen molar-refractivity contribution in [2.45, 2.75) is 12.8 Å². The summed E-state index contributed by atoms with van der Waals surface area (Å²) in [6, 6.07) is 3.75. The maximum Gasteiger partial charge on any atom is 0.167 e. The van der Waals surface area contributed by atoms with E-state index in [0.29, 0.717) is 11.5 Å². The Morgan fingerprint density at radius 3 is 2.42 bits per heavy atom. The standard InChI is InChI=1S/C15H21NO3/c1-16(2)9-11-6-5-10-7-13(18-3)14(19-4)8-12(10)15(11)17/h7-8,11H,5-6,9H2,1-4H3/t11-/m0/s1. The summed E-state index contributed by atoms with van der Waals surface area (Å²) in [5, 5.41) is 0. The molecule has 0 amide bonds. The predicted octanol–water partition coefficient (Wildman–Crippen LogP) is 2.01. The topological polar surface area (TPSA) is 38.8 Å². The molecule has 0 radical (unpaired) electrons. The van der Waals surface area contributed by atoms with Gasteiger partial charge in [-0.25, -0.2) is 0 Å². The SMILES string of the molecule is COc1cc2c(cc1OC)C(=O)[C@H](CN(C)C)CC2. The lowest BCUT2D eigenvalue weighted by Crippen LogP contribution is -2.31. The molecule has 1 aromatic rings. The van der Waals surface area contributed by atoms with E-state index >= 15 is 0 Å². The van der Waals surface area contributed by atoms with Gasteiger partial charge in [0.2, 0.25) is 0 Å². The van der Waals surface area contributed by atoms with Crippen LogP contribution in [0.25, 0.3) is 0 Å². The average molecular weight is 263 g/mol. The number of aryl methyl sites for hydroxylation is 1. The summed E-state index contributed by atoms with van der Waals surface area (Å²) >= 11 is 0. The quantitative estimate of drug-likeness (QED) is 0.833. The van der Waals surface area contributed by atoms with Gasteiger partial charge < -0.3 is 14.4 Å². The third-order valence-corrected chi connectivity index (χ3v) is 3.59. The van der Waals surface area contributed by atoms with Gasteiger partial charge in [0, 0.05) is 18.0 Å². The van der Waals surface area contributed by atoms with Crippen molar-refractivity contribution in [3.05, 3.63) is 23.3 Å². The normalized spacial score (nSPS) is 18.4. The highest BCUT2D eigenvalue weighted by Gasteiger charge is 2.29. The lowest BCUT2D eigenvalue weighted by molar-refractivity contribution is 0.0877. The molecule has 0 aromatic heterocycles. The number of Topliss-reactive ketones (excluding diaryl/α,β-unsaturated/α-hetero) is 1. The van der Waals surface area contributed by atoms with Crippen molar-refractivity contribution < 1.29 is 14.3 Å². The largest absolute Gasteiger partial charge is 0.493 e. The van der Waals surface area contributed by atoms with Gasteiger partial charge in [0.05, 0.1) is 14.2 Å². The van der Waals surface area contributed by atoms with Crippen LogP contribution in [-0.4, -0.2) is 45.5 Å². The molecule has 1 atom stereocenters. The van der Waals surface area contributed by atoms with E-state index in [9.17, 15) is 4.79 Å². The van der Waals surface area contributed by atoms with Crippen LogP contribution >= 0.6 is 0 Å². The van der Waals surface area contributed by atoms with Crippen LogP contribution in [0.2, 0.25) is 0 Å². The molecule has 0 heterocycles. The molecule has 0 bridgehead atoms. The van der Waals surface area contributed by atoms with E-state index < -0.39 is 0 Å². The van der Waals surface area contributed by atoms with Crippen LogP contribution in [0.4, 0.5) is 0 Å². The maximum absolute atomic E-state index is 12.5. The lowest BCUT2D eigenvalue weighted by atomic mass is 9.82. The molecule has 0 spiro atoms. The molecule has 4 nitrogen and oxygen atoms in total. The Hall–Kier alpha value is -1.55. The molecule has 19 heavy (non-hydrogen) atoms. The van der Waals surface area contributed by atoms with Crippen molar-refractivity contribution in [3.63, 3.8) is 0 Å². The first-order valence-corrected chi connectivity index (χ1v) is 6.50. The number of ketones is 1. The number of fused-ring (bicyclic) bond motifs is 1. The summed E-state index contributed by atoms with van der Waals surface area (Å²) in [4.78, 5) is 14.6. The molecular weight excluding hydrogens is 242 g/mol. The number of hydrogen-bond acceptors (Lipinski definition) is 4. The minimum Gasteiger partial charge on any atom is -0.493 e. The maximum atomic E-state index is 12.5. The molecular formula is C15H21NO3. The van der Waals surface area contributed by atoms with E-state index in [4.69, 9.17) is 9.47 Å². The fraction of sp³-hybridized carbons (Fsp3) is 0.533. The molecule has 0 fully saturated rings. The summed E-state index contributed by atoms with van der Waals surface area (Å²) in [6.07, 6.45) is 1.82. The van der Waals surface area contributed by atoms with Gasteiger partial charge in [-0.05, 0) is 44.6 Å². The second-order valence-electron chi connectivity index (χ2n) is 5.23. The van der Waals surface area contributed by atoms with Gasteiger partial charge in [0.25, 0.3) is 0 Å². The zero-order chi connectivity index (χ0) is 14.0. The summed E-state index contributed by atoms with van der Waals surface area (Å²) < 4.78 is 10.6. The number of methoxy groups -OCH3 is 2. The number of rotatable bonds is 4. The highest BCUT2D eigenvalue weighted by atomic mass is 16.5. The van der Waals surface area contributed by atoms with E-state index in [-0.39, 0.29) is 11.7 Å². The second kappa shape index (κ2) is 5.61. The summed E-state index contributed by atoms with van der Waals surface area (Å²) in [6.45, 7) is 0.798. The van der Waals surface area contributed by atoms with Crippen LogP contribution in [0.3, 0.4) is 0 Å². The van der Waals surface area contributed by atoms with E-state index in [1.165, 1.54) is 0 Å². The second-order valence-corrected chi connectivity index (χ2v) is 5.23. The number of carbonyl (C=O) groups is 1. The predicted molar refractivity (Wildman–Crippen MR) is 74.2 cm³/mol. The van der Waals surface area contributed by atoms with Gasteiger partial charge in [-0.3, -0.25) is 4.79 Å². The van der Waals surface area contributed by atoms with Crippen LogP contribution in [0, 0.1) is 5.92 Å². The van der Waals surface area contributed by atoms with Crippen LogP contribution in [-0.2, 0) is 6.42 Å². The first-order valence-electron chi connectivity index (χ1n) is 6.50. The van der Waals surface area contributed by atoms with Crippen LogP contribution in [0.15, 0.2) is 12.1 Å². The first-order chi connectivity index (χ1) is 9.06. The van der Waals surface area contributed by atoms with Gasteiger partial charge in [-0.15, -0.1) is 0 Å². The van der Waals surface area contributed by atoms with Gasteiger partial charge in [-0.2, -0.15) is 0 Å². The molecule has 4 heteroatoms. The van der Waals surface area contributed by atoms with Crippen molar-refractivity contribution in [2.75, 3.05) is 34.9 Å². The molecule has 0 N–H and O–H groups in total. The van der Waals surface area contributed by atoms with Crippen LogP contribution < -0.4 is 9.47 Å². The monoisotopic (exact) mass is 263 g/mol. The van der Waals surface area contributed by atoms with Gasteiger partial charge in [0.15, 0.2) is 17.3 Å². The highest BCUT2D eigenvalue weighted by molar-refractivity contribution is 6.01. The number of benzene rings is 1. The van der Waals surface area contributed by atoms with Crippen molar-refractivity contribution in [3.8, 4) is 11.5 Å². The molecule has 1 aliphatic carbocycles. The van der Waals surface area contributed by atoms with E-state index in [1.807, 2.05) is 26.2 Å². The fourth-order valence-electron chi connectivity index (χ4n) is 2.65. The minimum atomic E-state index is 0.0839. The van der Waals surface area contributed by atoms with Crippen molar-refractivity contribution in [2.24, 2.45) is 5.92 Å². The van der Waals surface area contributed by atoms with E-state index in [1.54, 1.807) is 14.2 Å². The summed E-state index contributed by atoms with van der Waals surface area (Å²) in [7, 11) is 7.20. The number of nitrogens with zero attached hydrogens (tertiary/aromatic N) is 1. The third kappa shape index (κ3) is 2.73. The minimum absolute atomic E-state index is 0.0839. The fourth-order valence-corrected chi connectivity index (χ4v) is 2.65. The van der Waals surface area contributed by atoms with Crippen molar-refractivity contribution >= 4 is 5.78 Å². The van der Waals surface area contributed by atoms with Crippen LogP contribution in [0.1, 0.15) is 22.3 Å². The first kappa shape index (κ1) is 13.9. The van der Waals surface area contributed by atoms with Gasteiger partial charge >= 0.3 is 0 Å². The number of ether oxygens (including phenoxy) is 2. The Morgan fingerprint density at radius 2 is 1.84 bits per heavy atom. The summed E-state index contributed by atoms with van der Waals surface area (Å²) in [5.41, 5.74) is 1.86. The Kier molecular flexibility index (Phi) is 4.10. The average Bonchev–Trinajstić information content (AvgIpc) is 2.40. The van der Waals surface area contributed by atoms with E-state index in [0.717, 1.165) is 30.5 Å². The molecule has 0 unspecified atom stereocenters. The lowest BCUT2D eigenvalue weighted by Gasteiger charge is -2.26. The van der Waals surface area contributed by atoms with Crippen LogP contribution in [0.5, 0.6) is 11.5 Å². The molecule has 2 rings (SSSR count). The molecule has 0 saturated carbocycles. The Bertz CT molecular complexity index is 483. The smallest absolute Gasteiger partial charge is 0.167 e. The Morgan fingerprint density at radius 1 is 1.21 bits per heavy atom. The van der Waals surface area contributed by atoms with Crippen molar-refractivity contribution in [1.82, 2.24) is 4.90 Å². The summed E-state index contributed by atoms with van der Waals surface area (Å²) in [5.74, 6) is 1.62. The van der Waals surface area contributed by atoms with Gasteiger partial charge in [-0.1, -0.05) is 0 Å². The Labute approximate surface area is 114 Å². The third-order valence-electron chi connectivity index (χ3n) is 3.59. The number of hydrogen-bond donors (Lipinski definition) is 0.